The number of nitrogens with one attached hydrogen (secondary N) is 2. The van der Waals surface area contributed by atoms with E-state index in [0.717, 1.165) is 10.1 Å². The molecule has 3 heterocycles. The molecule has 5 aromatic rings. The summed E-state index contributed by atoms with van der Waals surface area (Å²) in [5, 5.41) is 17.7. The topological polar surface area (TPSA) is 130 Å². The van der Waals surface area contributed by atoms with Crippen molar-refractivity contribution in [3.05, 3.63) is 85.2 Å². The van der Waals surface area contributed by atoms with Gasteiger partial charge in [0, 0.05) is 35.9 Å². The summed E-state index contributed by atoms with van der Waals surface area (Å²) in [6.45, 7) is 0. The maximum atomic E-state index is 12.3. The quantitative estimate of drug-likeness (QED) is 0.208. The number of aromatic nitrogens is 3. The maximum absolute atomic E-state index is 12.3. The Bertz CT molecular complexity index is 1580. The van der Waals surface area contributed by atoms with Crippen LogP contribution in [0.3, 0.4) is 0 Å². The average Bonchev–Trinajstić information content (AvgIpc) is 3.35. The van der Waals surface area contributed by atoms with Crippen LogP contribution in [0.25, 0.3) is 22.6 Å². The Morgan fingerprint density at radius 3 is 1.97 bits per heavy atom. The number of hydrogen-bond donors (Lipinski definition) is 3. The molecule has 0 radical (unpaired) electrons. The molecule has 0 saturated heterocycles. The number of carbonyl (C=O) groups excluding carboxylic acids is 2. The summed E-state index contributed by atoms with van der Waals surface area (Å²) in [5.74, 6) is 0.138. The molecule has 2 aromatic carbocycles. The molecule has 0 spiro atoms. The number of thioether (sulfide) groups is 2. The molecule has 11 heteroatoms. The van der Waals surface area contributed by atoms with Crippen LogP contribution in [0.5, 0.6) is 5.75 Å². The Balaban J connectivity index is 1.21. The van der Waals surface area contributed by atoms with E-state index < -0.39 is 0 Å². The molecule has 0 unspecified atom stereocenters. The van der Waals surface area contributed by atoms with Crippen LogP contribution in [0.15, 0.2) is 99.7 Å². The number of pyridine rings is 2. The first kappa shape index (κ1) is 25.3. The molecule has 2 amide bonds. The van der Waals surface area contributed by atoms with E-state index in [9.17, 15) is 14.7 Å². The van der Waals surface area contributed by atoms with E-state index in [4.69, 9.17) is 4.42 Å². The fourth-order valence-corrected chi connectivity index (χ4v) is 4.77. The van der Waals surface area contributed by atoms with E-state index in [0.29, 0.717) is 28.0 Å². The Hall–Kier alpha value is -4.35. The number of hydrogen-bond acceptors (Lipinski definition) is 9. The first-order chi connectivity index (χ1) is 18.5. The van der Waals surface area contributed by atoms with Crippen LogP contribution in [-0.4, -0.2) is 43.4 Å². The lowest BCUT2D eigenvalue weighted by molar-refractivity contribution is -0.114. The van der Waals surface area contributed by atoms with Crippen LogP contribution in [0, 0.1) is 0 Å². The van der Waals surface area contributed by atoms with E-state index in [1.807, 2.05) is 36.4 Å². The van der Waals surface area contributed by atoms with Gasteiger partial charge >= 0.3 is 0 Å². The fourth-order valence-electron chi connectivity index (χ4n) is 3.45. The van der Waals surface area contributed by atoms with Crippen molar-refractivity contribution in [1.82, 2.24) is 15.0 Å². The minimum absolute atomic E-state index is 0.0909. The summed E-state index contributed by atoms with van der Waals surface area (Å²) in [7, 11) is 0. The molecular formula is C27H21N5O4S2. The molecule has 3 aromatic heterocycles. The Morgan fingerprint density at radius 1 is 0.789 bits per heavy atom. The zero-order chi connectivity index (χ0) is 26.3. The SMILES string of the molecule is O=C(CSc1ccccn1)Nc1ccc(-c2nc3ccc(NC(=O)CSc4ccccn4)cc3o2)c(O)c1. The third kappa shape index (κ3) is 6.50. The highest BCUT2D eigenvalue weighted by molar-refractivity contribution is 8.00. The first-order valence-electron chi connectivity index (χ1n) is 11.4. The summed E-state index contributed by atoms with van der Waals surface area (Å²) in [4.78, 5) is 37.4. The second-order valence-electron chi connectivity index (χ2n) is 7.94. The standard InChI is InChI=1S/C27H21N5O4S2/c33-21-13-17(30-23(34)15-37-25-5-1-3-11-28-25)7-9-19(21)27-32-20-10-8-18(14-22(20)36-27)31-24(35)16-38-26-6-2-4-12-29-26/h1-14,33H,15-16H2,(H,30,34)(H,31,35). The van der Waals surface area contributed by atoms with Crippen molar-refractivity contribution >= 4 is 57.8 Å². The molecule has 3 N–H and O–H groups in total. The second kappa shape index (κ2) is 11.8. The van der Waals surface area contributed by atoms with E-state index in [-0.39, 0.29) is 35.0 Å². The number of rotatable bonds is 9. The van der Waals surface area contributed by atoms with Crippen molar-refractivity contribution < 1.29 is 19.1 Å². The van der Waals surface area contributed by atoms with Crippen LogP contribution in [0.1, 0.15) is 0 Å². The van der Waals surface area contributed by atoms with Gasteiger partial charge < -0.3 is 20.2 Å². The summed E-state index contributed by atoms with van der Waals surface area (Å²) >= 11 is 2.66. The lowest BCUT2D eigenvalue weighted by Gasteiger charge is -2.07. The maximum Gasteiger partial charge on any atom is 0.234 e. The average molecular weight is 544 g/mol. The van der Waals surface area contributed by atoms with Gasteiger partial charge in [-0.25, -0.2) is 15.0 Å². The molecule has 190 valence electrons. The molecule has 5 rings (SSSR count). The summed E-state index contributed by atoms with van der Waals surface area (Å²) in [5.41, 5.74) is 2.42. The van der Waals surface area contributed by atoms with E-state index in [2.05, 4.69) is 25.6 Å². The number of carbonyl (C=O) groups is 2. The Labute approximate surface area is 226 Å². The first-order valence-corrected chi connectivity index (χ1v) is 13.4. The highest BCUT2D eigenvalue weighted by atomic mass is 32.2. The third-order valence-electron chi connectivity index (χ3n) is 5.16. The number of benzene rings is 2. The molecule has 0 aliphatic carbocycles. The zero-order valence-electron chi connectivity index (χ0n) is 19.8. The van der Waals surface area contributed by atoms with Crippen molar-refractivity contribution in [3.8, 4) is 17.2 Å². The Morgan fingerprint density at radius 2 is 1.39 bits per heavy atom. The number of phenolic OH excluding ortho intramolecular Hbond substituents is 1. The van der Waals surface area contributed by atoms with Crippen LogP contribution in [0.2, 0.25) is 0 Å². The van der Waals surface area contributed by atoms with Gasteiger partial charge in [0.05, 0.1) is 27.1 Å². The van der Waals surface area contributed by atoms with Gasteiger partial charge in [-0.3, -0.25) is 9.59 Å². The number of fused-ring (bicyclic) bond motifs is 1. The fraction of sp³-hybridized carbons (Fsp3) is 0.0741. The molecule has 0 saturated carbocycles. The van der Waals surface area contributed by atoms with Crippen LogP contribution in [-0.2, 0) is 9.59 Å². The molecule has 0 aliphatic heterocycles. The second-order valence-corrected chi connectivity index (χ2v) is 9.93. The molecular weight excluding hydrogens is 522 g/mol. The van der Waals surface area contributed by atoms with Crippen molar-refractivity contribution in [2.75, 3.05) is 22.1 Å². The summed E-state index contributed by atoms with van der Waals surface area (Å²) in [6.07, 6.45) is 3.35. The van der Waals surface area contributed by atoms with Crippen molar-refractivity contribution in [3.63, 3.8) is 0 Å². The molecule has 0 bridgehead atoms. The monoisotopic (exact) mass is 543 g/mol. The lowest BCUT2D eigenvalue weighted by atomic mass is 10.2. The van der Waals surface area contributed by atoms with Crippen LogP contribution in [0.4, 0.5) is 11.4 Å². The largest absolute Gasteiger partial charge is 0.507 e. The lowest BCUT2D eigenvalue weighted by Crippen LogP contribution is -2.14. The summed E-state index contributed by atoms with van der Waals surface area (Å²) < 4.78 is 5.86. The number of anilines is 2. The molecule has 0 fully saturated rings. The van der Waals surface area contributed by atoms with Gasteiger partial charge in [-0.05, 0) is 48.5 Å². The normalized spacial score (nSPS) is 10.8. The van der Waals surface area contributed by atoms with E-state index >= 15 is 0 Å². The van der Waals surface area contributed by atoms with E-state index in [1.165, 1.54) is 29.6 Å². The molecule has 0 atom stereocenters. The van der Waals surface area contributed by atoms with Gasteiger partial charge in [0.2, 0.25) is 17.7 Å². The number of aromatic hydroxyl groups is 1. The highest BCUT2D eigenvalue weighted by Crippen LogP contribution is 2.34. The van der Waals surface area contributed by atoms with Gasteiger partial charge in [-0.1, -0.05) is 35.7 Å². The molecule has 38 heavy (non-hydrogen) atoms. The Kier molecular flexibility index (Phi) is 7.86. The minimum atomic E-state index is -0.220. The van der Waals surface area contributed by atoms with Gasteiger partial charge in [-0.15, -0.1) is 0 Å². The number of amides is 2. The summed E-state index contributed by atoms with van der Waals surface area (Å²) in [6, 6.07) is 20.9. The molecule has 0 aliphatic rings. The van der Waals surface area contributed by atoms with Crippen molar-refractivity contribution in [1.29, 1.82) is 0 Å². The number of oxazole rings is 1. The van der Waals surface area contributed by atoms with Crippen molar-refractivity contribution in [2.45, 2.75) is 10.1 Å². The van der Waals surface area contributed by atoms with Gasteiger partial charge in [0.1, 0.15) is 11.3 Å². The van der Waals surface area contributed by atoms with Crippen molar-refractivity contribution in [2.24, 2.45) is 0 Å². The van der Waals surface area contributed by atoms with Crippen LogP contribution >= 0.6 is 23.5 Å². The van der Waals surface area contributed by atoms with Gasteiger partial charge in [-0.2, -0.15) is 0 Å². The highest BCUT2D eigenvalue weighted by Gasteiger charge is 2.15. The number of phenols is 1. The predicted molar refractivity (Wildman–Crippen MR) is 148 cm³/mol. The van der Waals surface area contributed by atoms with E-state index in [1.54, 1.807) is 42.7 Å². The van der Waals surface area contributed by atoms with Gasteiger partial charge in [0.25, 0.3) is 0 Å². The number of nitrogens with zero attached hydrogens (tertiary/aromatic N) is 3. The zero-order valence-corrected chi connectivity index (χ0v) is 21.5. The predicted octanol–water partition coefficient (Wildman–Crippen LogP) is 5.45. The minimum Gasteiger partial charge on any atom is -0.507 e. The van der Waals surface area contributed by atoms with Gasteiger partial charge in [0.15, 0.2) is 5.58 Å². The third-order valence-corrected chi connectivity index (χ3v) is 7.05. The van der Waals surface area contributed by atoms with Crippen LogP contribution < -0.4 is 10.6 Å². The smallest absolute Gasteiger partial charge is 0.234 e. The molecule has 9 nitrogen and oxygen atoms in total.